The van der Waals surface area contributed by atoms with Crippen molar-refractivity contribution in [2.24, 2.45) is 11.7 Å². The van der Waals surface area contributed by atoms with Gasteiger partial charge in [-0.1, -0.05) is 44.2 Å². The summed E-state index contributed by atoms with van der Waals surface area (Å²) in [5.74, 6) is -3.58. The van der Waals surface area contributed by atoms with Crippen molar-refractivity contribution in [1.82, 2.24) is 16.0 Å². The molecule has 0 saturated heterocycles. The Morgan fingerprint density at radius 1 is 0.909 bits per heavy atom. The lowest BCUT2D eigenvalue weighted by Gasteiger charge is -2.22. The molecular weight excluding hydrogens is 432 g/mol. The molecule has 1 aromatic carbocycles. The van der Waals surface area contributed by atoms with Crippen molar-refractivity contribution in [1.29, 1.82) is 0 Å². The van der Waals surface area contributed by atoms with Crippen LogP contribution in [0.1, 0.15) is 39.7 Å². The number of rotatable bonds is 11. The van der Waals surface area contributed by atoms with Gasteiger partial charge in [0.1, 0.15) is 12.1 Å². The molecule has 11 nitrogen and oxygen atoms in total. The molecule has 0 aliphatic heterocycles. The van der Waals surface area contributed by atoms with Crippen LogP contribution >= 0.6 is 0 Å². The van der Waals surface area contributed by atoms with E-state index in [1.165, 1.54) is 6.92 Å². The van der Waals surface area contributed by atoms with Gasteiger partial charge in [0.2, 0.25) is 17.7 Å². The summed E-state index contributed by atoms with van der Waals surface area (Å²) in [5.41, 5.74) is 6.23. The minimum Gasteiger partial charge on any atom is -0.481 e. The highest BCUT2D eigenvalue weighted by molar-refractivity contribution is 5.92. The second kappa shape index (κ2) is 15.4. The molecule has 1 aromatic rings. The fourth-order valence-electron chi connectivity index (χ4n) is 2.60. The molecule has 0 bridgehead atoms. The number of hydrogen-bond donors (Lipinski definition) is 6. The fraction of sp³-hybridized carbons (Fsp3) is 0.500. The minimum atomic E-state index is -1.14. The van der Waals surface area contributed by atoms with Crippen LogP contribution in [0.25, 0.3) is 0 Å². The second-order valence-corrected chi connectivity index (χ2v) is 7.86. The van der Waals surface area contributed by atoms with E-state index in [-0.39, 0.29) is 25.3 Å². The highest BCUT2D eigenvalue weighted by Crippen LogP contribution is 2.08. The first-order chi connectivity index (χ1) is 15.3. The molecule has 33 heavy (non-hydrogen) atoms. The van der Waals surface area contributed by atoms with Gasteiger partial charge in [0.25, 0.3) is 5.97 Å². The average molecular weight is 467 g/mol. The van der Waals surface area contributed by atoms with E-state index in [2.05, 4.69) is 16.0 Å². The molecule has 7 N–H and O–H groups in total. The van der Waals surface area contributed by atoms with Crippen molar-refractivity contribution in [3.8, 4) is 0 Å². The number of nitrogens with one attached hydrogen (secondary N) is 3. The minimum absolute atomic E-state index is 0.0621. The molecule has 11 heteroatoms. The largest absolute Gasteiger partial charge is 0.481 e. The zero-order chi connectivity index (χ0) is 25.6. The van der Waals surface area contributed by atoms with E-state index >= 15 is 0 Å². The second-order valence-electron chi connectivity index (χ2n) is 7.86. The zero-order valence-electron chi connectivity index (χ0n) is 19.3. The molecular formula is C22H34N4O7. The van der Waals surface area contributed by atoms with Crippen molar-refractivity contribution < 1.29 is 34.2 Å². The molecule has 0 spiro atoms. The number of nitrogens with two attached hydrogens (primary N) is 1. The molecule has 0 aliphatic rings. The lowest BCUT2D eigenvalue weighted by atomic mass is 10.0. The Balaban J connectivity index is 0.00000235. The molecule has 0 saturated carbocycles. The molecule has 0 fully saturated rings. The van der Waals surface area contributed by atoms with Gasteiger partial charge in [0.15, 0.2) is 0 Å². The summed E-state index contributed by atoms with van der Waals surface area (Å²) in [4.78, 5) is 56.9. The van der Waals surface area contributed by atoms with E-state index in [0.29, 0.717) is 0 Å². The van der Waals surface area contributed by atoms with E-state index in [9.17, 15) is 24.3 Å². The lowest BCUT2D eigenvalue weighted by Crippen LogP contribution is -2.54. The Hall–Kier alpha value is -3.47. The first-order valence-corrected chi connectivity index (χ1v) is 10.4. The van der Waals surface area contributed by atoms with Crippen LogP contribution < -0.4 is 21.7 Å². The standard InChI is InChI=1S/C20H30N4O5.C2H4O2/c1-12(2)9-16(20(28)29)24-19(27)15(10-14-7-5-4-6-8-14)23-17(25)11-22-18(26)13(3)21;1-2(3)4/h4-8,12-13,15-16H,9-11,21H2,1-3H3,(H,22,26)(H,23,25)(H,24,27)(H,28,29);1H3,(H,3,4)/t13-,15+,16-;/m1./s1. The molecule has 0 aromatic heterocycles. The van der Waals surface area contributed by atoms with Crippen LogP contribution in [0.2, 0.25) is 0 Å². The van der Waals surface area contributed by atoms with Crippen molar-refractivity contribution in [3.05, 3.63) is 35.9 Å². The Morgan fingerprint density at radius 2 is 1.45 bits per heavy atom. The quantitative estimate of drug-likeness (QED) is 0.260. The normalized spacial score (nSPS) is 12.9. The van der Waals surface area contributed by atoms with Crippen molar-refractivity contribution in [2.45, 2.75) is 58.7 Å². The summed E-state index contributed by atoms with van der Waals surface area (Å²) < 4.78 is 0. The number of carboxylic acids is 2. The van der Waals surface area contributed by atoms with Gasteiger partial charge in [-0.3, -0.25) is 19.2 Å². The van der Waals surface area contributed by atoms with Crippen LogP contribution in [0.4, 0.5) is 0 Å². The predicted molar refractivity (Wildman–Crippen MR) is 121 cm³/mol. The van der Waals surface area contributed by atoms with Crippen LogP contribution in [-0.2, 0) is 30.4 Å². The van der Waals surface area contributed by atoms with Gasteiger partial charge >= 0.3 is 5.97 Å². The number of carboxylic acid groups (broad SMARTS) is 2. The van der Waals surface area contributed by atoms with Crippen LogP contribution in [-0.4, -0.2) is 64.5 Å². The topological polar surface area (TPSA) is 188 Å². The maximum Gasteiger partial charge on any atom is 0.326 e. The van der Waals surface area contributed by atoms with Crippen LogP contribution in [0, 0.1) is 5.92 Å². The molecule has 3 amide bonds. The summed E-state index contributed by atoms with van der Waals surface area (Å²) in [7, 11) is 0. The van der Waals surface area contributed by atoms with Gasteiger partial charge in [0, 0.05) is 13.3 Å². The Bertz CT molecular complexity index is 793. The summed E-state index contributed by atoms with van der Waals surface area (Å²) in [6.07, 6.45) is 0.436. The van der Waals surface area contributed by atoms with Crippen LogP contribution in [0.3, 0.4) is 0 Å². The van der Waals surface area contributed by atoms with Gasteiger partial charge in [0.05, 0.1) is 12.6 Å². The SMILES string of the molecule is CC(=O)O.CC(C)C[C@@H](NC(=O)[C@H](Cc1ccccc1)NC(=O)CNC(=O)[C@@H](C)N)C(=O)O. The Labute approximate surface area is 193 Å². The molecule has 1 rings (SSSR count). The molecule has 0 heterocycles. The molecule has 184 valence electrons. The van der Waals surface area contributed by atoms with Crippen LogP contribution in [0.15, 0.2) is 30.3 Å². The Morgan fingerprint density at radius 3 is 1.91 bits per heavy atom. The summed E-state index contributed by atoms with van der Waals surface area (Å²) in [5, 5.41) is 24.2. The van der Waals surface area contributed by atoms with Gasteiger partial charge in [-0.25, -0.2) is 4.79 Å². The van der Waals surface area contributed by atoms with Crippen molar-refractivity contribution in [2.75, 3.05) is 6.54 Å². The van der Waals surface area contributed by atoms with E-state index in [1.54, 1.807) is 24.3 Å². The number of amides is 3. The number of hydrogen-bond acceptors (Lipinski definition) is 6. The van der Waals surface area contributed by atoms with Crippen LogP contribution in [0.5, 0.6) is 0 Å². The number of carbonyl (C=O) groups is 5. The van der Waals surface area contributed by atoms with E-state index in [1.807, 2.05) is 19.9 Å². The Kier molecular flexibility index (Phi) is 13.7. The predicted octanol–water partition coefficient (Wildman–Crippen LogP) is -0.116. The third-order valence-corrected chi connectivity index (χ3v) is 4.09. The highest BCUT2D eigenvalue weighted by atomic mass is 16.4. The lowest BCUT2D eigenvalue weighted by molar-refractivity contribution is -0.142. The molecule has 3 atom stereocenters. The maximum absolute atomic E-state index is 12.7. The first kappa shape index (κ1) is 29.5. The van der Waals surface area contributed by atoms with E-state index in [0.717, 1.165) is 12.5 Å². The first-order valence-electron chi connectivity index (χ1n) is 10.4. The highest BCUT2D eigenvalue weighted by Gasteiger charge is 2.27. The number of carbonyl (C=O) groups excluding carboxylic acids is 3. The van der Waals surface area contributed by atoms with Gasteiger partial charge in [-0.2, -0.15) is 0 Å². The van der Waals surface area contributed by atoms with Crippen molar-refractivity contribution in [3.63, 3.8) is 0 Å². The smallest absolute Gasteiger partial charge is 0.326 e. The summed E-state index contributed by atoms with van der Waals surface area (Å²) in [6.45, 7) is 5.94. The zero-order valence-corrected chi connectivity index (χ0v) is 19.3. The van der Waals surface area contributed by atoms with E-state index < -0.39 is 47.8 Å². The monoisotopic (exact) mass is 466 g/mol. The molecule has 0 aliphatic carbocycles. The maximum atomic E-state index is 12.7. The third kappa shape index (κ3) is 14.3. The van der Waals surface area contributed by atoms with Crippen molar-refractivity contribution >= 4 is 29.7 Å². The average Bonchev–Trinajstić information content (AvgIpc) is 2.70. The van der Waals surface area contributed by atoms with Gasteiger partial charge in [-0.15, -0.1) is 0 Å². The third-order valence-electron chi connectivity index (χ3n) is 4.09. The van der Waals surface area contributed by atoms with Gasteiger partial charge in [-0.05, 0) is 24.8 Å². The van der Waals surface area contributed by atoms with Gasteiger partial charge < -0.3 is 31.9 Å². The summed E-state index contributed by atoms with van der Waals surface area (Å²) >= 11 is 0. The van der Waals surface area contributed by atoms with E-state index in [4.69, 9.17) is 15.6 Å². The summed E-state index contributed by atoms with van der Waals surface area (Å²) in [6, 6.07) is 6.20. The fourth-order valence-corrected chi connectivity index (χ4v) is 2.60. The number of benzene rings is 1. The molecule has 0 unspecified atom stereocenters. The molecule has 0 radical (unpaired) electrons. The number of aliphatic carboxylic acids is 2.